The highest BCUT2D eigenvalue weighted by Crippen LogP contribution is 2.35. The van der Waals surface area contributed by atoms with Crippen molar-refractivity contribution in [2.75, 3.05) is 55.7 Å². The van der Waals surface area contributed by atoms with Gasteiger partial charge in [-0.1, -0.05) is 27.7 Å². The third-order valence-corrected chi connectivity index (χ3v) is 15.2. The molecule has 10 nitrogen and oxygen atoms in total. The molecule has 0 aliphatic rings. The molecule has 1 amide bonds. The van der Waals surface area contributed by atoms with E-state index in [-0.39, 0.29) is 12.5 Å². The number of pyridine rings is 2. The molecule has 2 heterocycles. The maximum Gasteiger partial charge on any atom is 0.500 e. The number of nitrogens with zero attached hydrogens (tertiary/aromatic N) is 3. The summed E-state index contributed by atoms with van der Waals surface area (Å²) in [7, 11) is 6.28. The Labute approximate surface area is 293 Å². The van der Waals surface area contributed by atoms with Gasteiger partial charge in [0.2, 0.25) is 6.54 Å². The van der Waals surface area contributed by atoms with Crippen molar-refractivity contribution in [3.8, 4) is 0 Å². The maximum absolute atomic E-state index is 13.7. The zero-order chi connectivity index (χ0) is 35.7. The van der Waals surface area contributed by atoms with E-state index >= 15 is 0 Å². The van der Waals surface area contributed by atoms with Crippen LogP contribution in [0.2, 0.25) is 12.1 Å². The SMILES string of the molecule is CO[Si](CCCN(CCC[Si](OC)(OC)OC)C(=O)C[n+]1ccc(C(CCC(c2cc[n+](C)cc2)C(C)C)CC(C)C)cc1)(OC)OC. The summed E-state index contributed by atoms with van der Waals surface area (Å²) in [5.41, 5.74) is 2.76. The molecule has 0 aliphatic carbocycles. The van der Waals surface area contributed by atoms with Crippen LogP contribution in [-0.4, -0.2) is 84.2 Å². The lowest BCUT2D eigenvalue weighted by Gasteiger charge is -2.28. The highest BCUT2D eigenvalue weighted by Gasteiger charge is 2.39. The number of carbonyl (C=O) groups excluding carboxylic acids is 1. The van der Waals surface area contributed by atoms with Crippen molar-refractivity contribution >= 4 is 23.5 Å². The molecule has 0 bridgehead atoms. The van der Waals surface area contributed by atoms with Crippen LogP contribution >= 0.6 is 0 Å². The summed E-state index contributed by atoms with van der Waals surface area (Å²) in [6, 6.07) is 10.2. The molecular formula is C36H65N3O7Si2+2. The van der Waals surface area contributed by atoms with Crippen molar-refractivity contribution in [1.29, 1.82) is 0 Å². The molecule has 272 valence electrons. The smallest absolute Gasteiger partial charge is 0.377 e. The molecule has 0 saturated heterocycles. The second-order valence-electron chi connectivity index (χ2n) is 13.5. The summed E-state index contributed by atoms with van der Waals surface area (Å²) in [4.78, 5) is 15.7. The molecule has 2 aromatic rings. The first-order valence-corrected chi connectivity index (χ1v) is 21.3. The van der Waals surface area contributed by atoms with E-state index in [0.717, 1.165) is 19.3 Å². The predicted molar refractivity (Wildman–Crippen MR) is 192 cm³/mol. The molecule has 0 N–H and O–H groups in total. The van der Waals surface area contributed by atoms with Crippen LogP contribution in [-0.2, 0) is 44.9 Å². The minimum Gasteiger partial charge on any atom is -0.377 e. The second-order valence-corrected chi connectivity index (χ2v) is 19.7. The molecule has 0 aliphatic heterocycles. The van der Waals surface area contributed by atoms with Crippen LogP contribution in [0.5, 0.6) is 0 Å². The van der Waals surface area contributed by atoms with E-state index in [4.69, 9.17) is 26.6 Å². The Balaban J connectivity index is 2.16. The second kappa shape index (κ2) is 21.2. The van der Waals surface area contributed by atoms with Crippen molar-refractivity contribution < 1.29 is 40.5 Å². The van der Waals surface area contributed by atoms with Gasteiger partial charge in [-0.25, -0.2) is 4.57 Å². The van der Waals surface area contributed by atoms with E-state index in [2.05, 4.69) is 88.4 Å². The Morgan fingerprint density at radius 1 is 0.708 bits per heavy atom. The first-order valence-electron chi connectivity index (χ1n) is 17.4. The monoisotopic (exact) mass is 707 g/mol. The molecule has 0 aromatic carbocycles. The van der Waals surface area contributed by atoms with Gasteiger partial charge in [-0.05, 0) is 66.9 Å². The van der Waals surface area contributed by atoms with Gasteiger partial charge in [-0.2, -0.15) is 4.57 Å². The van der Waals surface area contributed by atoms with Crippen molar-refractivity contribution in [2.24, 2.45) is 18.9 Å². The summed E-state index contributed by atoms with van der Waals surface area (Å²) in [6.07, 6.45) is 13.2. The van der Waals surface area contributed by atoms with Crippen molar-refractivity contribution in [1.82, 2.24) is 4.90 Å². The van der Waals surface area contributed by atoms with Gasteiger partial charge < -0.3 is 31.5 Å². The van der Waals surface area contributed by atoms with Crippen LogP contribution in [0.1, 0.15) is 82.8 Å². The largest absolute Gasteiger partial charge is 0.500 e. The minimum absolute atomic E-state index is 0.0570. The lowest BCUT2D eigenvalue weighted by molar-refractivity contribution is -0.685. The normalized spacial score (nSPS) is 13.7. The molecule has 2 rings (SSSR count). The zero-order valence-electron chi connectivity index (χ0n) is 31.7. The lowest BCUT2D eigenvalue weighted by atomic mass is 9.80. The van der Waals surface area contributed by atoms with E-state index in [9.17, 15) is 4.79 Å². The number of amides is 1. The third kappa shape index (κ3) is 13.0. The maximum atomic E-state index is 13.7. The Bertz CT molecular complexity index is 1130. The minimum atomic E-state index is -2.74. The van der Waals surface area contributed by atoms with Crippen molar-refractivity contribution in [3.63, 3.8) is 0 Å². The fourth-order valence-electron chi connectivity index (χ4n) is 6.56. The van der Waals surface area contributed by atoms with E-state index < -0.39 is 17.6 Å². The quantitative estimate of drug-likeness (QED) is 0.105. The number of aryl methyl sites for hydroxylation is 1. The highest BCUT2D eigenvalue weighted by molar-refractivity contribution is 6.60. The van der Waals surface area contributed by atoms with E-state index in [1.807, 2.05) is 9.47 Å². The summed E-state index contributed by atoms with van der Waals surface area (Å²) < 4.78 is 37.7. The van der Waals surface area contributed by atoms with Crippen molar-refractivity contribution in [2.45, 2.75) is 90.3 Å². The molecule has 2 unspecified atom stereocenters. The average molecular weight is 708 g/mol. The van der Waals surface area contributed by atoms with Gasteiger partial charge in [0.05, 0.1) is 0 Å². The Morgan fingerprint density at radius 3 is 1.58 bits per heavy atom. The fourth-order valence-corrected chi connectivity index (χ4v) is 9.97. The number of carbonyl (C=O) groups is 1. The van der Waals surface area contributed by atoms with Gasteiger partial charge in [0.25, 0.3) is 5.91 Å². The summed E-state index contributed by atoms with van der Waals surface area (Å²) in [6.45, 7) is 10.7. The third-order valence-electron chi connectivity index (χ3n) is 9.57. The van der Waals surface area contributed by atoms with E-state index in [1.165, 1.54) is 11.1 Å². The average Bonchev–Trinajstić information content (AvgIpc) is 3.08. The molecule has 0 saturated carbocycles. The van der Waals surface area contributed by atoms with Gasteiger partial charge in [0, 0.05) is 92.1 Å². The molecule has 12 heteroatoms. The van der Waals surface area contributed by atoms with Crippen molar-refractivity contribution in [3.05, 3.63) is 60.2 Å². The zero-order valence-corrected chi connectivity index (χ0v) is 33.7. The van der Waals surface area contributed by atoms with Gasteiger partial charge in [0.1, 0.15) is 7.05 Å². The molecule has 48 heavy (non-hydrogen) atoms. The molecule has 2 atom stereocenters. The molecule has 2 aromatic heterocycles. The van der Waals surface area contributed by atoms with Gasteiger partial charge in [-0.15, -0.1) is 0 Å². The fraction of sp³-hybridized carbons (Fsp3) is 0.694. The van der Waals surface area contributed by atoms with E-state index in [0.29, 0.717) is 61.7 Å². The van der Waals surface area contributed by atoms with Gasteiger partial charge in [0.15, 0.2) is 24.8 Å². The lowest BCUT2D eigenvalue weighted by Crippen LogP contribution is -2.47. The van der Waals surface area contributed by atoms with E-state index in [1.54, 1.807) is 42.7 Å². The van der Waals surface area contributed by atoms with Crippen LogP contribution < -0.4 is 9.13 Å². The summed E-state index contributed by atoms with van der Waals surface area (Å²) in [5, 5.41) is 0. The summed E-state index contributed by atoms with van der Waals surface area (Å²) in [5.74, 6) is 2.21. The Hall–Kier alpha value is -2.04. The standard InChI is InChI=1S/C36H65N3O7Si2/c1-30(2)28-34(14-15-35(31(3)4)33-16-22-37(5)23-17-33)32-18-24-38(25-19-32)29-36(40)39(20-12-26-47(41-6,42-7)43-8)21-13-27-48(44-9,45-10)46-11/h16-19,22-25,30-31,34-35H,12-15,20-21,26-29H2,1-11H3/q+2. The van der Waals surface area contributed by atoms with Crippen LogP contribution in [0.4, 0.5) is 0 Å². The topological polar surface area (TPSA) is 83.5 Å². The molecule has 0 radical (unpaired) electrons. The Morgan fingerprint density at radius 2 is 1.17 bits per heavy atom. The number of hydrogen-bond acceptors (Lipinski definition) is 7. The summed E-state index contributed by atoms with van der Waals surface area (Å²) >= 11 is 0. The first kappa shape index (κ1) is 42.1. The van der Waals surface area contributed by atoms with Gasteiger partial charge >= 0.3 is 17.6 Å². The van der Waals surface area contributed by atoms with Gasteiger partial charge in [-0.3, -0.25) is 4.79 Å². The number of aromatic nitrogens is 2. The van der Waals surface area contributed by atoms with Crippen LogP contribution in [0.15, 0.2) is 49.1 Å². The molecule has 0 fully saturated rings. The molecular weight excluding hydrogens is 643 g/mol. The number of hydrogen-bond donors (Lipinski definition) is 0. The number of rotatable bonds is 24. The highest BCUT2D eigenvalue weighted by atomic mass is 28.4. The van der Waals surface area contributed by atoms with Crippen LogP contribution in [0, 0.1) is 11.8 Å². The Kier molecular flexibility index (Phi) is 18.6. The molecule has 0 spiro atoms. The van der Waals surface area contributed by atoms with Crippen LogP contribution in [0.3, 0.4) is 0 Å². The van der Waals surface area contributed by atoms with Crippen LogP contribution in [0.25, 0.3) is 0 Å². The predicted octanol–water partition coefficient (Wildman–Crippen LogP) is 5.51. The first-order chi connectivity index (χ1) is 22.9.